The van der Waals surface area contributed by atoms with Crippen LogP contribution in [0, 0.1) is 0 Å². The maximum Gasteiger partial charge on any atom is 0.312 e. The third-order valence-electron chi connectivity index (χ3n) is 4.53. The number of esters is 1. The van der Waals surface area contributed by atoms with Crippen molar-refractivity contribution in [3.8, 4) is 17.2 Å². The zero-order valence-corrected chi connectivity index (χ0v) is 12.7. The van der Waals surface area contributed by atoms with Crippen LogP contribution >= 0.6 is 0 Å². The minimum absolute atomic E-state index is 0.0938. The molecule has 24 heavy (non-hydrogen) atoms. The van der Waals surface area contributed by atoms with E-state index in [1.807, 2.05) is 36.4 Å². The van der Waals surface area contributed by atoms with Gasteiger partial charge in [-0.1, -0.05) is 18.2 Å². The number of hydrogen-bond acceptors (Lipinski definition) is 5. The Morgan fingerprint density at radius 3 is 2.71 bits per heavy atom. The molecule has 3 aromatic rings. The van der Waals surface area contributed by atoms with E-state index in [4.69, 9.17) is 14.2 Å². The van der Waals surface area contributed by atoms with Gasteiger partial charge in [-0.25, -0.2) is 0 Å². The van der Waals surface area contributed by atoms with Gasteiger partial charge in [0.1, 0.15) is 5.75 Å². The SMILES string of the molecule is O=C1C[C@H](c2ccnc3ccccc23)c2cc3c(cc2O1)OCO3. The smallest absolute Gasteiger partial charge is 0.312 e. The maximum atomic E-state index is 12.1. The quantitative estimate of drug-likeness (QED) is 0.508. The molecular formula is C19H13NO4. The Balaban J connectivity index is 1.73. The van der Waals surface area contributed by atoms with Gasteiger partial charge in [0, 0.05) is 29.1 Å². The number of para-hydroxylation sites is 1. The van der Waals surface area contributed by atoms with Gasteiger partial charge in [-0.3, -0.25) is 9.78 Å². The van der Waals surface area contributed by atoms with E-state index >= 15 is 0 Å². The molecule has 5 heteroatoms. The number of fused-ring (bicyclic) bond motifs is 3. The lowest BCUT2D eigenvalue weighted by Crippen LogP contribution is -2.21. The predicted molar refractivity (Wildman–Crippen MR) is 86.4 cm³/mol. The highest BCUT2D eigenvalue weighted by Gasteiger charge is 2.32. The molecule has 0 saturated carbocycles. The third kappa shape index (κ3) is 1.94. The van der Waals surface area contributed by atoms with Gasteiger partial charge in [0.25, 0.3) is 0 Å². The third-order valence-corrected chi connectivity index (χ3v) is 4.53. The van der Waals surface area contributed by atoms with Crippen molar-refractivity contribution in [3.63, 3.8) is 0 Å². The van der Waals surface area contributed by atoms with Crippen LogP contribution in [0.25, 0.3) is 10.9 Å². The maximum absolute atomic E-state index is 12.1. The van der Waals surface area contributed by atoms with Crippen molar-refractivity contribution >= 4 is 16.9 Å². The van der Waals surface area contributed by atoms with Crippen LogP contribution in [0.15, 0.2) is 48.7 Å². The summed E-state index contributed by atoms with van der Waals surface area (Å²) in [6.07, 6.45) is 2.07. The van der Waals surface area contributed by atoms with Crippen LogP contribution < -0.4 is 14.2 Å². The highest BCUT2D eigenvalue weighted by atomic mass is 16.7. The molecule has 2 aromatic carbocycles. The second-order valence-corrected chi connectivity index (χ2v) is 5.89. The summed E-state index contributed by atoms with van der Waals surface area (Å²) in [7, 11) is 0. The van der Waals surface area contributed by atoms with Crippen LogP contribution in [0.3, 0.4) is 0 Å². The molecule has 5 rings (SSSR count). The van der Waals surface area contributed by atoms with Crippen LogP contribution in [0.4, 0.5) is 0 Å². The Morgan fingerprint density at radius 2 is 1.79 bits per heavy atom. The van der Waals surface area contributed by atoms with Crippen molar-refractivity contribution in [3.05, 3.63) is 59.8 Å². The molecule has 5 nitrogen and oxygen atoms in total. The van der Waals surface area contributed by atoms with E-state index in [0.29, 0.717) is 23.7 Å². The second-order valence-electron chi connectivity index (χ2n) is 5.89. The largest absolute Gasteiger partial charge is 0.454 e. The highest BCUT2D eigenvalue weighted by Crippen LogP contribution is 2.46. The number of carbonyl (C=O) groups excluding carboxylic acids is 1. The van der Waals surface area contributed by atoms with Gasteiger partial charge in [0.05, 0.1) is 11.9 Å². The van der Waals surface area contributed by atoms with Crippen LogP contribution in [0.5, 0.6) is 17.2 Å². The second kappa shape index (κ2) is 4.96. The molecule has 0 spiro atoms. The topological polar surface area (TPSA) is 57.7 Å². The molecule has 0 saturated heterocycles. The molecule has 0 bridgehead atoms. The Kier molecular flexibility index (Phi) is 2.76. The van der Waals surface area contributed by atoms with Crippen LogP contribution in [0.1, 0.15) is 23.5 Å². The molecule has 2 aliphatic heterocycles. The number of rotatable bonds is 1. The Labute approximate surface area is 137 Å². The molecule has 2 aliphatic rings. The normalized spacial score (nSPS) is 18.3. The van der Waals surface area contributed by atoms with E-state index in [2.05, 4.69) is 4.98 Å². The first-order chi connectivity index (χ1) is 11.8. The highest BCUT2D eigenvalue weighted by molar-refractivity contribution is 5.86. The number of benzene rings is 2. The van der Waals surface area contributed by atoms with Gasteiger partial charge in [0.15, 0.2) is 11.5 Å². The van der Waals surface area contributed by atoms with Crippen LogP contribution in [-0.4, -0.2) is 17.7 Å². The van der Waals surface area contributed by atoms with Gasteiger partial charge in [-0.05, 0) is 23.8 Å². The number of ether oxygens (including phenoxy) is 3. The Morgan fingerprint density at radius 1 is 0.958 bits per heavy atom. The zero-order chi connectivity index (χ0) is 16.1. The van der Waals surface area contributed by atoms with Crippen molar-refractivity contribution in [2.24, 2.45) is 0 Å². The summed E-state index contributed by atoms with van der Waals surface area (Å²) in [5.74, 6) is 1.51. The first-order valence-electron chi connectivity index (χ1n) is 7.77. The minimum atomic E-state index is -0.243. The predicted octanol–water partition coefficient (Wildman–Crippen LogP) is 3.40. The van der Waals surface area contributed by atoms with Crippen LogP contribution in [0.2, 0.25) is 0 Å². The minimum Gasteiger partial charge on any atom is -0.454 e. The van der Waals surface area contributed by atoms with Crippen molar-refractivity contribution in [1.82, 2.24) is 4.98 Å². The molecular weight excluding hydrogens is 306 g/mol. The van der Waals surface area contributed by atoms with Crippen LogP contribution in [-0.2, 0) is 4.79 Å². The Hall–Kier alpha value is -3.08. The lowest BCUT2D eigenvalue weighted by atomic mass is 9.84. The molecule has 0 amide bonds. The molecule has 0 unspecified atom stereocenters. The zero-order valence-electron chi connectivity index (χ0n) is 12.7. The summed E-state index contributed by atoms with van der Waals surface area (Å²) in [5.41, 5.74) is 2.92. The standard InChI is InChI=1S/C19H13NO4/c21-19-8-13(11-5-6-20-15-4-2-1-3-12(11)15)14-7-17-18(23-10-22-17)9-16(14)24-19/h1-7,9,13H,8,10H2/t13-/m1/s1. The number of aromatic nitrogens is 1. The summed E-state index contributed by atoms with van der Waals surface area (Å²) in [4.78, 5) is 16.5. The first-order valence-corrected chi connectivity index (χ1v) is 7.77. The number of carbonyl (C=O) groups is 1. The molecule has 0 radical (unpaired) electrons. The monoisotopic (exact) mass is 319 g/mol. The van der Waals surface area contributed by atoms with Gasteiger partial charge in [0.2, 0.25) is 6.79 Å². The van der Waals surface area contributed by atoms with Gasteiger partial charge in [-0.15, -0.1) is 0 Å². The van der Waals surface area contributed by atoms with E-state index in [-0.39, 0.29) is 18.7 Å². The van der Waals surface area contributed by atoms with E-state index in [1.54, 1.807) is 12.3 Å². The fourth-order valence-corrected chi connectivity index (χ4v) is 3.44. The van der Waals surface area contributed by atoms with Gasteiger partial charge < -0.3 is 14.2 Å². The Bertz CT molecular complexity index is 977. The number of hydrogen-bond donors (Lipinski definition) is 0. The van der Waals surface area contributed by atoms with Crippen molar-refractivity contribution in [2.45, 2.75) is 12.3 Å². The summed E-state index contributed by atoms with van der Waals surface area (Å²) < 4.78 is 16.3. The molecule has 0 aliphatic carbocycles. The lowest BCUT2D eigenvalue weighted by molar-refractivity contribution is -0.135. The summed E-state index contributed by atoms with van der Waals surface area (Å²) in [6, 6.07) is 13.6. The lowest BCUT2D eigenvalue weighted by Gasteiger charge is -2.26. The summed E-state index contributed by atoms with van der Waals surface area (Å²) >= 11 is 0. The molecule has 1 atom stereocenters. The average molecular weight is 319 g/mol. The molecule has 3 heterocycles. The fraction of sp³-hybridized carbons (Fsp3) is 0.158. The number of pyridine rings is 1. The van der Waals surface area contributed by atoms with Crippen molar-refractivity contribution in [2.75, 3.05) is 6.79 Å². The van der Waals surface area contributed by atoms with E-state index in [9.17, 15) is 4.79 Å². The van der Waals surface area contributed by atoms with Gasteiger partial charge >= 0.3 is 5.97 Å². The molecule has 0 fully saturated rings. The average Bonchev–Trinajstić information content (AvgIpc) is 3.06. The summed E-state index contributed by atoms with van der Waals surface area (Å²) in [5, 5.41) is 1.04. The fourth-order valence-electron chi connectivity index (χ4n) is 3.44. The molecule has 1 aromatic heterocycles. The van der Waals surface area contributed by atoms with Gasteiger partial charge in [-0.2, -0.15) is 0 Å². The molecule has 118 valence electrons. The van der Waals surface area contributed by atoms with E-state index < -0.39 is 0 Å². The molecule has 0 N–H and O–H groups in total. The number of nitrogens with zero attached hydrogens (tertiary/aromatic N) is 1. The van der Waals surface area contributed by atoms with E-state index in [1.165, 1.54) is 0 Å². The van der Waals surface area contributed by atoms with Crippen molar-refractivity contribution < 1.29 is 19.0 Å². The van der Waals surface area contributed by atoms with E-state index in [0.717, 1.165) is 22.0 Å². The summed E-state index contributed by atoms with van der Waals surface area (Å²) in [6.45, 7) is 0.190. The van der Waals surface area contributed by atoms with Crippen molar-refractivity contribution in [1.29, 1.82) is 0 Å². The first kappa shape index (κ1) is 13.4.